The van der Waals surface area contributed by atoms with E-state index in [2.05, 4.69) is 15.5 Å². The van der Waals surface area contributed by atoms with Crippen LogP contribution < -0.4 is 5.32 Å². The molecule has 0 unspecified atom stereocenters. The van der Waals surface area contributed by atoms with Gasteiger partial charge < -0.3 is 5.32 Å². The van der Waals surface area contributed by atoms with Gasteiger partial charge in [-0.2, -0.15) is 23.4 Å². The van der Waals surface area contributed by atoms with E-state index in [-0.39, 0.29) is 24.8 Å². The maximum absolute atomic E-state index is 13.0. The Balaban J connectivity index is 1.43. The summed E-state index contributed by atoms with van der Waals surface area (Å²) in [7, 11) is 0. The van der Waals surface area contributed by atoms with Crippen molar-refractivity contribution >= 4 is 23.2 Å². The van der Waals surface area contributed by atoms with Crippen LogP contribution in [0.15, 0.2) is 30.3 Å². The fourth-order valence-electron chi connectivity index (χ4n) is 3.71. The van der Waals surface area contributed by atoms with Crippen molar-refractivity contribution in [2.45, 2.75) is 58.3 Å². The van der Waals surface area contributed by atoms with Gasteiger partial charge in [0.15, 0.2) is 5.69 Å². The second-order valence-corrected chi connectivity index (χ2v) is 8.52. The predicted molar refractivity (Wildman–Crippen MR) is 115 cm³/mol. The number of benzene rings is 1. The molecule has 0 saturated heterocycles. The molecule has 0 spiro atoms. The molecule has 10 heteroatoms. The summed E-state index contributed by atoms with van der Waals surface area (Å²) in [6, 6.07) is 8.55. The highest BCUT2D eigenvalue weighted by Gasteiger charge is 2.37. The number of anilines is 1. The molecule has 3 aromatic rings. The van der Waals surface area contributed by atoms with E-state index in [9.17, 15) is 18.0 Å². The van der Waals surface area contributed by atoms with E-state index in [4.69, 9.17) is 11.6 Å². The molecule has 2 heterocycles. The van der Waals surface area contributed by atoms with Crippen molar-refractivity contribution in [3.63, 3.8) is 0 Å². The van der Waals surface area contributed by atoms with Crippen LogP contribution in [-0.2, 0) is 24.1 Å². The quantitative estimate of drug-likeness (QED) is 0.513. The molecule has 1 aromatic carbocycles. The second-order valence-electron chi connectivity index (χ2n) is 8.08. The van der Waals surface area contributed by atoms with Gasteiger partial charge in [0, 0.05) is 29.6 Å². The number of nitrogens with one attached hydrogen (secondary N) is 1. The standard InChI is InChI=1S/C22H23ClF3N5O/c1-13-21(14(2)31(28-13)12-15-4-3-5-17(23)10-15)27-20(32)8-9-30-18(16-6-7-16)11-19(29-30)22(24,25)26/h3-5,10-11,16H,6-9,12H2,1-2H3,(H,27,32). The number of carbonyl (C=O) groups is 1. The van der Waals surface area contributed by atoms with E-state index in [0.29, 0.717) is 28.6 Å². The van der Waals surface area contributed by atoms with Gasteiger partial charge in [-0.05, 0) is 50.5 Å². The van der Waals surface area contributed by atoms with Crippen LogP contribution in [0.25, 0.3) is 0 Å². The fourth-order valence-corrected chi connectivity index (χ4v) is 3.92. The molecule has 32 heavy (non-hydrogen) atoms. The minimum absolute atomic E-state index is 0.0110. The van der Waals surface area contributed by atoms with Crippen LogP contribution in [-0.4, -0.2) is 25.5 Å². The number of aromatic nitrogens is 4. The summed E-state index contributed by atoms with van der Waals surface area (Å²) in [5.41, 5.74) is 2.67. The van der Waals surface area contributed by atoms with Crippen molar-refractivity contribution in [2.75, 3.05) is 5.32 Å². The molecule has 0 aliphatic heterocycles. The molecule has 0 bridgehead atoms. The lowest BCUT2D eigenvalue weighted by atomic mass is 10.2. The first kappa shape index (κ1) is 22.4. The summed E-state index contributed by atoms with van der Waals surface area (Å²) in [6.07, 6.45) is -2.79. The highest BCUT2D eigenvalue weighted by molar-refractivity contribution is 6.30. The maximum Gasteiger partial charge on any atom is 0.435 e. The number of halogens is 4. The molecule has 1 amide bonds. The van der Waals surface area contributed by atoms with Gasteiger partial charge in [-0.15, -0.1) is 0 Å². The molecule has 2 aromatic heterocycles. The SMILES string of the molecule is Cc1nn(Cc2cccc(Cl)c2)c(C)c1NC(=O)CCn1nc(C(F)(F)F)cc1C1CC1. The molecule has 6 nitrogen and oxygen atoms in total. The van der Waals surface area contributed by atoms with Gasteiger partial charge >= 0.3 is 6.18 Å². The molecule has 1 saturated carbocycles. The van der Waals surface area contributed by atoms with Gasteiger partial charge in [0.1, 0.15) is 0 Å². The molecule has 4 rings (SSSR count). The van der Waals surface area contributed by atoms with Crippen molar-refractivity contribution in [1.29, 1.82) is 0 Å². The Labute approximate surface area is 188 Å². The number of hydrogen-bond acceptors (Lipinski definition) is 3. The third-order valence-electron chi connectivity index (χ3n) is 5.52. The number of nitrogens with zero attached hydrogens (tertiary/aromatic N) is 4. The second kappa shape index (κ2) is 8.61. The van der Waals surface area contributed by atoms with Crippen molar-refractivity contribution in [2.24, 2.45) is 0 Å². The van der Waals surface area contributed by atoms with Crippen LogP contribution >= 0.6 is 11.6 Å². The van der Waals surface area contributed by atoms with Gasteiger partial charge in [0.2, 0.25) is 5.91 Å². The zero-order valence-corrected chi connectivity index (χ0v) is 18.5. The summed E-state index contributed by atoms with van der Waals surface area (Å²) >= 11 is 6.05. The van der Waals surface area contributed by atoms with Crippen LogP contribution in [0, 0.1) is 13.8 Å². The molecule has 0 radical (unpaired) electrons. The highest BCUT2D eigenvalue weighted by atomic mass is 35.5. The zero-order valence-electron chi connectivity index (χ0n) is 17.7. The van der Waals surface area contributed by atoms with E-state index in [1.54, 1.807) is 17.7 Å². The molecule has 170 valence electrons. The Morgan fingerprint density at radius 2 is 1.94 bits per heavy atom. The number of amides is 1. The largest absolute Gasteiger partial charge is 0.435 e. The third-order valence-corrected chi connectivity index (χ3v) is 5.75. The Bertz CT molecular complexity index is 1150. The average Bonchev–Trinajstić information content (AvgIpc) is 3.41. The number of carbonyl (C=O) groups excluding carboxylic acids is 1. The van der Waals surface area contributed by atoms with E-state index in [1.807, 2.05) is 25.1 Å². The van der Waals surface area contributed by atoms with Crippen LogP contribution in [0.3, 0.4) is 0 Å². The van der Waals surface area contributed by atoms with Gasteiger partial charge in [-0.3, -0.25) is 14.2 Å². The van der Waals surface area contributed by atoms with Crippen LogP contribution in [0.1, 0.15) is 53.5 Å². The van der Waals surface area contributed by atoms with E-state index in [1.165, 1.54) is 4.68 Å². The van der Waals surface area contributed by atoms with Gasteiger partial charge in [0.05, 0.1) is 23.6 Å². The number of alkyl halides is 3. The summed E-state index contributed by atoms with van der Waals surface area (Å²) in [5, 5.41) is 11.7. The number of rotatable bonds is 7. The van der Waals surface area contributed by atoms with Crippen molar-refractivity contribution < 1.29 is 18.0 Å². The smallest absolute Gasteiger partial charge is 0.323 e. The summed E-state index contributed by atoms with van der Waals surface area (Å²) in [6.45, 7) is 4.24. The van der Waals surface area contributed by atoms with Crippen molar-refractivity contribution in [3.8, 4) is 0 Å². The first-order valence-electron chi connectivity index (χ1n) is 10.3. The topological polar surface area (TPSA) is 64.7 Å². The van der Waals surface area contributed by atoms with Crippen molar-refractivity contribution in [1.82, 2.24) is 19.6 Å². The summed E-state index contributed by atoms with van der Waals surface area (Å²) in [4.78, 5) is 12.6. The lowest BCUT2D eigenvalue weighted by molar-refractivity contribution is -0.141. The average molecular weight is 466 g/mol. The van der Waals surface area contributed by atoms with Crippen molar-refractivity contribution in [3.05, 3.63) is 63.7 Å². The molecular weight excluding hydrogens is 443 g/mol. The number of aryl methyl sites for hydroxylation is 2. The first-order valence-corrected chi connectivity index (χ1v) is 10.7. The Morgan fingerprint density at radius 1 is 1.19 bits per heavy atom. The Kier molecular flexibility index (Phi) is 6.03. The fraction of sp³-hybridized carbons (Fsp3) is 0.409. The minimum Gasteiger partial charge on any atom is -0.323 e. The zero-order chi connectivity index (χ0) is 23.0. The predicted octanol–water partition coefficient (Wildman–Crippen LogP) is 5.32. The molecule has 1 aliphatic carbocycles. The van der Waals surface area contributed by atoms with Gasteiger partial charge in [-0.1, -0.05) is 23.7 Å². The normalized spacial score (nSPS) is 14.1. The molecule has 1 N–H and O–H groups in total. The first-order chi connectivity index (χ1) is 15.1. The minimum atomic E-state index is -4.50. The third kappa shape index (κ3) is 4.98. The van der Waals surface area contributed by atoms with Crippen LogP contribution in [0.5, 0.6) is 0 Å². The highest BCUT2D eigenvalue weighted by Crippen LogP contribution is 2.42. The molecule has 0 atom stereocenters. The lowest BCUT2D eigenvalue weighted by Crippen LogP contribution is -2.17. The number of hydrogen-bond donors (Lipinski definition) is 1. The molecule has 1 aliphatic rings. The lowest BCUT2D eigenvalue weighted by Gasteiger charge is -2.09. The Morgan fingerprint density at radius 3 is 2.59 bits per heavy atom. The summed E-state index contributed by atoms with van der Waals surface area (Å²) in [5.74, 6) is -0.208. The van der Waals surface area contributed by atoms with E-state index < -0.39 is 11.9 Å². The maximum atomic E-state index is 13.0. The Hall–Kier alpha value is -2.81. The van der Waals surface area contributed by atoms with Crippen LogP contribution in [0.4, 0.5) is 18.9 Å². The van der Waals surface area contributed by atoms with E-state index in [0.717, 1.165) is 30.2 Å². The van der Waals surface area contributed by atoms with Gasteiger partial charge in [-0.25, -0.2) is 0 Å². The monoisotopic (exact) mass is 465 g/mol. The molecular formula is C22H23ClF3N5O. The molecule has 1 fully saturated rings. The van der Waals surface area contributed by atoms with E-state index >= 15 is 0 Å². The van der Waals surface area contributed by atoms with Gasteiger partial charge in [0.25, 0.3) is 0 Å². The summed E-state index contributed by atoms with van der Waals surface area (Å²) < 4.78 is 42.3. The van der Waals surface area contributed by atoms with Crippen LogP contribution in [0.2, 0.25) is 5.02 Å².